The second kappa shape index (κ2) is 5.53. The molecule has 0 saturated heterocycles. The van der Waals surface area contributed by atoms with E-state index in [1.54, 1.807) is 0 Å². The third-order valence-electron chi connectivity index (χ3n) is 4.27. The van der Waals surface area contributed by atoms with Crippen molar-refractivity contribution in [3.05, 3.63) is 36.2 Å². The molecular weight excluding hydrogens is 262 g/mol. The highest BCUT2D eigenvalue weighted by Gasteiger charge is 2.25. The summed E-state index contributed by atoms with van der Waals surface area (Å²) in [7, 11) is 1.93. The molecule has 1 aromatic carbocycles. The summed E-state index contributed by atoms with van der Waals surface area (Å²) in [6, 6.07) is 7.08. The van der Waals surface area contributed by atoms with E-state index in [1.807, 2.05) is 24.1 Å². The van der Waals surface area contributed by atoms with Crippen LogP contribution in [0.1, 0.15) is 19.4 Å². The van der Waals surface area contributed by atoms with Gasteiger partial charge in [0.2, 0.25) is 0 Å². The summed E-state index contributed by atoms with van der Waals surface area (Å²) in [4.78, 5) is 2.40. The van der Waals surface area contributed by atoms with E-state index in [9.17, 15) is 5.11 Å². The van der Waals surface area contributed by atoms with Crippen molar-refractivity contribution < 1.29 is 5.11 Å². The van der Waals surface area contributed by atoms with Gasteiger partial charge < -0.3 is 10.0 Å². The average molecular weight is 285 g/mol. The maximum absolute atomic E-state index is 9.57. The Kier molecular flexibility index (Phi) is 3.72. The van der Waals surface area contributed by atoms with Crippen LogP contribution in [0.25, 0.3) is 11.1 Å². The number of aliphatic hydroxyl groups excluding tert-OH is 1. The van der Waals surface area contributed by atoms with Crippen LogP contribution >= 0.6 is 0 Å². The molecular formula is C17H23N3O. The Hall–Kier alpha value is -1.81. The lowest BCUT2D eigenvalue weighted by Crippen LogP contribution is -2.41. The molecule has 0 amide bonds. The molecule has 1 aromatic heterocycles. The van der Waals surface area contributed by atoms with Crippen molar-refractivity contribution in [2.75, 3.05) is 18.1 Å². The minimum absolute atomic E-state index is 0.250. The average Bonchev–Trinajstić information content (AvgIpc) is 2.91. The first-order chi connectivity index (χ1) is 10.1. The number of hydrogen-bond donors (Lipinski definition) is 1. The molecule has 0 aliphatic carbocycles. The number of aryl methyl sites for hydroxylation is 1. The zero-order chi connectivity index (χ0) is 15.0. The first-order valence-corrected chi connectivity index (χ1v) is 7.58. The summed E-state index contributed by atoms with van der Waals surface area (Å²) >= 11 is 0. The molecule has 21 heavy (non-hydrogen) atoms. The summed E-state index contributed by atoms with van der Waals surface area (Å²) in [6.07, 6.45) is 4.88. The van der Waals surface area contributed by atoms with Crippen molar-refractivity contribution in [3.63, 3.8) is 0 Å². The van der Waals surface area contributed by atoms with E-state index in [2.05, 4.69) is 42.0 Å². The molecule has 2 heterocycles. The van der Waals surface area contributed by atoms with E-state index in [0.29, 0.717) is 12.0 Å². The molecule has 0 saturated carbocycles. The molecule has 0 radical (unpaired) electrons. The molecule has 112 valence electrons. The Bertz CT molecular complexity index is 633. The Morgan fingerprint density at radius 1 is 1.33 bits per heavy atom. The maximum atomic E-state index is 9.57. The topological polar surface area (TPSA) is 41.3 Å². The second-order valence-electron chi connectivity index (χ2n) is 6.25. The van der Waals surface area contributed by atoms with Crippen molar-refractivity contribution in [2.45, 2.75) is 26.3 Å². The van der Waals surface area contributed by atoms with E-state index in [4.69, 9.17) is 0 Å². The molecule has 1 atom stereocenters. The summed E-state index contributed by atoms with van der Waals surface area (Å²) in [5.41, 5.74) is 4.98. The predicted octanol–water partition coefficient (Wildman–Crippen LogP) is 2.47. The lowest BCUT2D eigenvalue weighted by molar-refractivity contribution is 0.222. The highest BCUT2D eigenvalue weighted by molar-refractivity contribution is 5.69. The second-order valence-corrected chi connectivity index (χ2v) is 6.25. The standard InChI is InChI=1S/C17H23N3O/c1-12(2)20-9-13(11-21)6-15-7-14(4-5-17(15)20)16-8-18-19(3)10-16/h4-5,7-8,10,12-13,21H,6,9,11H2,1-3H3. The van der Waals surface area contributed by atoms with Crippen molar-refractivity contribution >= 4 is 5.69 Å². The fourth-order valence-corrected chi connectivity index (χ4v) is 3.14. The SMILES string of the molecule is CC(C)N1CC(CO)Cc2cc(-c3cnn(C)c3)ccc21. The molecule has 0 fully saturated rings. The quantitative estimate of drug-likeness (QED) is 0.942. The van der Waals surface area contributed by atoms with Gasteiger partial charge in [0.05, 0.1) is 6.20 Å². The summed E-state index contributed by atoms with van der Waals surface area (Å²) in [5, 5.41) is 13.8. The van der Waals surface area contributed by atoms with Crippen LogP contribution in [0.5, 0.6) is 0 Å². The fraction of sp³-hybridized carbons (Fsp3) is 0.471. The molecule has 3 rings (SSSR count). The maximum Gasteiger partial charge on any atom is 0.0568 e. The third kappa shape index (κ3) is 2.68. The van der Waals surface area contributed by atoms with Gasteiger partial charge in [-0.15, -0.1) is 0 Å². The summed E-state index contributed by atoms with van der Waals surface area (Å²) in [6.45, 7) is 5.60. The Morgan fingerprint density at radius 2 is 2.14 bits per heavy atom. The van der Waals surface area contributed by atoms with E-state index >= 15 is 0 Å². The third-order valence-corrected chi connectivity index (χ3v) is 4.27. The van der Waals surface area contributed by atoms with Crippen molar-refractivity contribution in [3.8, 4) is 11.1 Å². The minimum Gasteiger partial charge on any atom is -0.396 e. The molecule has 1 N–H and O–H groups in total. The van der Waals surface area contributed by atoms with E-state index in [-0.39, 0.29) is 6.61 Å². The Balaban J connectivity index is 2.00. The smallest absolute Gasteiger partial charge is 0.0568 e. The lowest BCUT2D eigenvalue weighted by Gasteiger charge is -2.38. The van der Waals surface area contributed by atoms with E-state index < -0.39 is 0 Å². The van der Waals surface area contributed by atoms with Crippen molar-refractivity contribution in [1.82, 2.24) is 9.78 Å². The van der Waals surface area contributed by atoms with Gasteiger partial charge in [-0.25, -0.2) is 0 Å². The van der Waals surface area contributed by atoms with Gasteiger partial charge in [-0.1, -0.05) is 6.07 Å². The summed E-state index contributed by atoms with van der Waals surface area (Å²) in [5.74, 6) is 0.323. The predicted molar refractivity (Wildman–Crippen MR) is 85.4 cm³/mol. The molecule has 1 aliphatic rings. The normalized spacial score (nSPS) is 18.1. The van der Waals surface area contributed by atoms with Crippen LogP contribution in [-0.2, 0) is 13.5 Å². The Morgan fingerprint density at radius 3 is 2.76 bits per heavy atom. The molecule has 2 aromatic rings. The fourth-order valence-electron chi connectivity index (χ4n) is 3.14. The Labute approximate surface area is 126 Å². The van der Waals surface area contributed by atoms with Crippen LogP contribution in [0.4, 0.5) is 5.69 Å². The number of benzene rings is 1. The lowest BCUT2D eigenvalue weighted by atomic mass is 9.90. The molecule has 1 unspecified atom stereocenters. The van der Waals surface area contributed by atoms with Gasteiger partial charge in [0.1, 0.15) is 0 Å². The largest absolute Gasteiger partial charge is 0.396 e. The zero-order valence-corrected chi connectivity index (χ0v) is 13.0. The van der Waals surface area contributed by atoms with Gasteiger partial charge in [0, 0.05) is 49.6 Å². The van der Waals surface area contributed by atoms with E-state index in [1.165, 1.54) is 16.8 Å². The van der Waals surface area contributed by atoms with E-state index in [0.717, 1.165) is 18.5 Å². The van der Waals surface area contributed by atoms with Crippen LogP contribution in [0, 0.1) is 5.92 Å². The zero-order valence-electron chi connectivity index (χ0n) is 13.0. The van der Waals surface area contributed by atoms with Crippen molar-refractivity contribution in [2.24, 2.45) is 13.0 Å². The van der Waals surface area contributed by atoms with Crippen LogP contribution in [0.15, 0.2) is 30.6 Å². The van der Waals surface area contributed by atoms with Crippen LogP contribution in [0.2, 0.25) is 0 Å². The monoisotopic (exact) mass is 285 g/mol. The molecule has 4 nitrogen and oxygen atoms in total. The number of anilines is 1. The number of aliphatic hydroxyl groups is 1. The van der Waals surface area contributed by atoms with Crippen molar-refractivity contribution in [1.29, 1.82) is 0 Å². The minimum atomic E-state index is 0.250. The van der Waals surface area contributed by atoms with Crippen LogP contribution in [-0.4, -0.2) is 34.1 Å². The van der Waals surface area contributed by atoms with Crippen LogP contribution < -0.4 is 4.90 Å². The highest BCUT2D eigenvalue weighted by atomic mass is 16.3. The first-order valence-electron chi connectivity index (χ1n) is 7.58. The number of nitrogens with zero attached hydrogens (tertiary/aromatic N) is 3. The first kappa shape index (κ1) is 14.1. The van der Waals surface area contributed by atoms with Gasteiger partial charge >= 0.3 is 0 Å². The molecule has 0 bridgehead atoms. The highest BCUT2D eigenvalue weighted by Crippen LogP contribution is 2.34. The summed E-state index contributed by atoms with van der Waals surface area (Å²) < 4.78 is 1.83. The van der Waals surface area contributed by atoms with Gasteiger partial charge in [0.25, 0.3) is 0 Å². The van der Waals surface area contributed by atoms with Gasteiger partial charge in [0.15, 0.2) is 0 Å². The van der Waals surface area contributed by atoms with Gasteiger partial charge in [-0.3, -0.25) is 4.68 Å². The van der Waals surface area contributed by atoms with Gasteiger partial charge in [-0.2, -0.15) is 5.10 Å². The number of fused-ring (bicyclic) bond motifs is 1. The molecule has 1 aliphatic heterocycles. The van der Waals surface area contributed by atoms with Crippen LogP contribution in [0.3, 0.4) is 0 Å². The number of hydrogen-bond acceptors (Lipinski definition) is 3. The molecule has 0 spiro atoms. The van der Waals surface area contributed by atoms with Gasteiger partial charge in [-0.05, 0) is 43.5 Å². The molecule has 4 heteroatoms. The number of aromatic nitrogens is 2. The number of rotatable bonds is 3.